The van der Waals surface area contributed by atoms with Gasteiger partial charge in [0.25, 0.3) is 0 Å². The molecule has 0 bridgehead atoms. The number of rotatable bonds is 5. The molecule has 4 N–H and O–H groups in total. The number of guanidine groups is 1. The summed E-state index contributed by atoms with van der Waals surface area (Å²) in [6.45, 7) is 3.84. The van der Waals surface area contributed by atoms with Crippen LogP contribution in [-0.2, 0) is 10.0 Å². The Morgan fingerprint density at radius 1 is 1.47 bits per heavy atom. The van der Waals surface area contributed by atoms with E-state index in [1.165, 1.54) is 0 Å². The van der Waals surface area contributed by atoms with Crippen molar-refractivity contribution in [3.63, 3.8) is 0 Å². The Kier molecular flexibility index (Phi) is 6.15. The monoisotopic (exact) mass is 376 g/mol. The molecule has 17 heavy (non-hydrogen) atoms. The van der Waals surface area contributed by atoms with Crippen molar-refractivity contribution < 1.29 is 8.42 Å². The molecule has 0 spiro atoms. The minimum Gasteiger partial charge on any atom is -0.370 e. The van der Waals surface area contributed by atoms with Gasteiger partial charge >= 0.3 is 0 Å². The molecule has 0 heterocycles. The molecular formula is C9H21IN4O2S. The summed E-state index contributed by atoms with van der Waals surface area (Å²) in [5.74, 6) is 0.380. The molecule has 1 aliphatic rings. The summed E-state index contributed by atoms with van der Waals surface area (Å²) >= 11 is 0. The molecule has 0 unspecified atom stereocenters. The van der Waals surface area contributed by atoms with E-state index in [1.54, 1.807) is 13.8 Å². The average molecular weight is 376 g/mol. The van der Waals surface area contributed by atoms with E-state index < -0.39 is 15.6 Å². The van der Waals surface area contributed by atoms with Gasteiger partial charge in [-0.1, -0.05) is 0 Å². The van der Waals surface area contributed by atoms with Crippen LogP contribution in [0.15, 0.2) is 4.99 Å². The molecule has 0 aromatic carbocycles. The van der Waals surface area contributed by atoms with Gasteiger partial charge in [0.1, 0.15) is 0 Å². The van der Waals surface area contributed by atoms with Gasteiger partial charge in [0, 0.05) is 11.6 Å². The summed E-state index contributed by atoms with van der Waals surface area (Å²) in [4.78, 5) is 4.12. The number of nitrogens with two attached hydrogens (primary N) is 1. The van der Waals surface area contributed by atoms with Crippen molar-refractivity contribution in [3.8, 4) is 0 Å². The summed E-state index contributed by atoms with van der Waals surface area (Å²) in [6.07, 6.45) is 3.38. The summed E-state index contributed by atoms with van der Waals surface area (Å²) in [6, 6.07) is 0.453. The van der Waals surface area contributed by atoms with Gasteiger partial charge < -0.3 is 11.1 Å². The van der Waals surface area contributed by atoms with Gasteiger partial charge in [0.15, 0.2) is 5.96 Å². The Morgan fingerprint density at radius 3 is 2.41 bits per heavy atom. The number of hydrogen-bond acceptors (Lipinski definition) is 3. The van der Waals surface area contributed by atoms with E-state index >= 15 is 0 Å². The zero-order chi connectivity index (χ0) is 12.4. The lowest BCUT2D eigenvalue weighted by molar-refractivity contribution is 0.465. The number of sulfonamides is 1. The van der Waals surface area contributed by atoms with Crippen molar-refractivity contribution in [2.24, 2.45) is 10.7 Å². The maximum absolute atomic E-state index is 11.1. The van der Waals surface area contributed by atoms with Gasteiger partial charge in [0.2, 0.25) is 10.0 Å². The summed E-state index contributed by atoms with van der Waals surface area (Å²) < 4.78 is 24.6. The number of aliphatic imine (C=N–C) groups is 1. The van der Waals surface area contributed by atoms with E-state index in [0.717, 1.165) is 19.1 Å². The van der Waals surface area contributed by atoms with Crippen LogP contribution in [-0.4, -0.2) is 38.8 Å². The first-order valence-corrected chi connectivity index (χ1v) is 7.12. The van der Waals surface area contributed by atoms with Gasteiger partial charge in [-0.3, -0.25) is 4.99 Å². The third kappa shape index (κ3) is 8.61. The lowest BCUT2D eigenvalue weighted by atomic mass is 10.1. The highest BCUT2D eigenvalue weighted by atomic mass is 127. The lowest BCUT2D eigenvalue weighted by Crippen LogP contribution is -2.46. The average Bonchev–Trinajstić information content (AvgIpc) is 2.80. The van der Waals surface area contributed by atoms with E-state index in [-0.39, 0.29) is 24.0 Å². The van der Waals surface area contributed by atoms with Crippen LogP contribution >= 0.6 is 24.0 Å². The fourth-order valence-electron chi connectivity index (χ4n) is 1.30. The Morgan fingerprint density at radius 2 is 2.00 bits per heavy atom. The SMILES string of the molecule is CC(C)(CN=C(N)NC1CC1)NS(C)(=O)=O.I. The minimum atomic E-state index is -3.22. The third-order valence-corrected chi connectivity index (χ3v) is 2.96. The molecule has 1 rings (SSSR count). The molecule has 1 saturated carbocycles. The predicted molar refractivity (Wildman–Crippen MR) is 80.1 cm³/mol. The van der Waals surface area contributed by atoms with Gasteiger partial charge in [0.05, 0.1) is 12.8 Å². The summed E-state index contributed by atoms with van der Waals surface area (Å²) in [7, 11) is -3.22. The van der Waals surface area contributed by atoms with Crippen LogP contribution in [0, 0.1) is 0 Å². The molecule has 0 amide bonds. The molecule has 0 aromatic rings. The fourth-order valence-corrected chi connectivity index (χ4v) is 2.37. The number of nitrogens with one attached hydrogen (secondary N) is 2. The maximum atomic E-state index is 11.1. The highest BCUT2D eigenvalue weighted by Gasteiger charge is 2.23. The van der Waals surface area contributed by atoms with Crippen molar-refractivity contribution in [1.29, 1.82) is 0 Å². The van der Waals surface area contributed by atoms with Crippen LogP contribution in [0.4, 0.5) is 0 Å². The van der Waals surface area contributed by atoms with Crippen LogP contribution in [0.5, 0.6) is 0 Å². The third-order valence-electron chi connectivity index (χ3n) is 2.04. The Balaban J connectivity index is 0.00000256. The second-order valence-corrected chi connectivity index (χ2v) is 6.63. The smallest absolute Gasteiger partial charge is 0.209 e. The minimum absolute atomic E-state index is 0. The first kappa shape index (κ1) is 16.9. The number of halogens is 1. The highest BCUT2D eigenvalue weighted by molar-refractivity contribution is 14.0. The van der Waals surface area contributed by atoms with Gasteiger partial charge in [-0.05, 0) is 26.7 Å². The molecule has 0 saturated heterocycles. The van der Waals surface area contributed by atoms with Crippen molar-refractivity contribution in [3.05, 3.63) is 0 Å². The topological polar surface area (TPSA) is 96.6 Å². The first-order valence-electron chi connectivity index (χ1n) is 5.23. The normalized spacial score (nSPS) is 17.5. The zero-order valence-corrected chi connectivity index (χ0v) is 13.5. The van der Waals surface area contributed by atoms with E-state index in [9.17, 15) is 8.42 Å². The second kappa shape index (κ2) is 6.19. The Hall–Kier alpha value is -0.0900. The van der Waals surface area contributed by atoms with Gasteiger partial charge in [-0.2, -0.15) is 0 Å². The van der Waals surface area contributed by atoms with E-state index in [2.05, 4.69) is 15.0 Å². The Labute approximate surface area is 120 Å². The summed E-state index contributed by atoms with van der Waals surface area (Å²) in [5, 5.41) is 3.04. The lowest BCUT2D eigenvalue weighted by Gasteiger charge is -2.22. The van der Waals surface area contributed by atoms with Crippen LogP contribution in [0.2, 0.25) is 0 Å². The van der Waals surface area contributed by atoms with Crippen molar-refractivity contribution in [1.82, 2.24) is 10.0 Å². The Bertz CT molecular complexity index is 376. The van der Waals surface area contributed by atoms with Crippen LogP contribution < -0.4 is 15.8 Å². The molecule has 8 heteroatoms. The maximum Gasteiger partial charge on any atom is 0.209 e. The molecule has 1 aliphatic carbocycles. The van der Waals surface area contributed by atoms with E-state index in [0.29, 0.717) is 18.5 Å². The molecule has 0 aliphatic heterocycles. The predicted octanol–water partition coefficient (Wildman–Crippen LogP) is -0.00110. The first-order chi connectivity index (χ1) is 7.18. The zero-order valence-electron chi connectivity index (χ0n) is 10.4. The molecule has 0 aromatic heterocycles. The molecule has 0 radical (unpaired) electrons. The van der Waals surface area contributed by atoms with Crippen molar-refractivity contribution in [2.45, 2.75) is 38.3 Å². The summed E-state index contributed by atoms with van der Waals surface area (Å²) in [5.41, 5.74) is 5.03. The number of nitrogens with zero attached hydrogens (tertiary/aromatic N) is 1. The molecular weight excluding hydrogens is 355 g/mol. The van der Waals surface area contributed by atoms with Crippen LogP contribution in [0.3, 0.4) is 0 Å². The quantitative estimate of drug-likeness (QED) is 0.358. The molecule has 6 nitrogen and oxygen atoms in total. The van der Waals surface area contributed by atoms with E-state index in [1.807, 2.05) is 0 Å². The van der Waals surface area contributed by atoms with E-state index in [4.69, 9.17) is 5.73 Å². The molecule has 1 fully saturated rings. The number of hydrogen-bond donors (Lipinski definition) is 3. The largest absolute Gasteiger partial charge is 0.370 e. The second-order valence-electron chi connectivity index (χ2n) is 4.88. The van der Waals surface area contributed by atoms with Crippen LogP contribution in [0.25, 0.3) is 0 Å². The molecule has 0 atom stereocenters. The van der Waals surface area contributed by atoms with Crippen molar-refractivity contribution in [2.75, 3.05) is 12.8 Å². The van der Waals surface area contributed by atoms with Gasteiger partial charge in [-0.15, -0.1) is 24.0 Å². The highest BCUT2D eigenvalue weighted by Crippen LogP contribution is 2.18. The standard InChI is InChI=1S/C9H20N4O2S.HI/c1-9(2,13-16(3,14)15)6-11-8(10)12-7-4-5-7;/h7,13H,4-6H2,1-3H3,(H3,10,11,12);1H. The van der Waals surface area contributed by atoms with Gasteiger partial charge in [-0.25, -0.2) is 13.1 Å². The van der Waals surface area contributed by atoms with Crippen LogP contribution in [0.1, 0.15) is 26.7 Å². The fraction of sp³-hybridized carbons (Fsp3) is 0.889. The van der Waals surface area contributed by atoms with Crippen molar-refractivity contribution >= 4 is 40.0 Å². The molecule has 102 valence electrons.